The van der Waals surface area contributed by atoms with Crippen LogP contribution in [0.15, 0.2) is 18.6 Å². The van der Waals surface area contributed by atoms with Crippen molar-refractivity contribution in [3.05, 3.63) is 30.1 Å². The summed E-state index contributed by atoms with van der Waals surface area (Å²) in [7, 11) is 0. The number of nitrogens with zero attached hydrogens (tertiary/aromatic N) is 4. The third-order valence-corrected chi connectivity index (χ3v) is 2.14. The molecule has 2 rings (SSSR count). The minimum Gasteiger partial charge on any atom is -0.379 e. The van der Waals surface area contributed by atoms with E-state index in [1.807, 2.05) is 6.92 Å². The van der Waals surface area contributed by atoms with Gasteiger partial charge in [0.1, 0.15) is 5.82 Å². The van der Waals surface area contributed by atoms with Crippen LogP contribution in [0.1, 0.15) is 31.0 Å². The highest BCUT2D eigenvalue weighted by Gasteiger charge is 2.17. The van der Waals surface area contributed by atoms with Gasteiger partial charge < -0.3 is 10.1 Å². The van der Waals surface area contributed by atoms with E-state index >= 15 is 0 Å². The van der Waals surface area contributed by atoms with E-state index in [1.165, 1.54) is 0 Å². The lowest BCUT2D eigenvalue weighted by Gasteiger charge is -2.09. The van der Waals surface area contributed by atoms with Crippen molar-refractivity contribution in [1.29, 1.82) is 0 Å². The zero-order valence-electron chi connectivity index (χ0n) is 8.46. The van der Waals surface area contributed by atoms with Gasteiger partial charge in [0, 0.05) is 18.9 Å². The number of aryl methyl sites for hydroxylation is 1. The van der Waals surface area contributed by atoms with Crippen LogP contribution in [0, 0.1) is 0 Å². The van der Waals surface area contributed by atoms with Gasteiger partial charge in [-0.1, -0.05) is 12.1 Å². The van der Waals surface area contributed by atoms with Crippen LogP contribution in [0.3, 0.4) is 0 Å². The molecule has 0 aliphatic rings. The summed E-state index contributed by atoms with van der Waals surface area (Å²) >= 11 is 0. The zero-order chi connectivity index (χ0) is 10.7. The maximum atomic E-state index is 9.98. The second-order valence-electron chi connectivity index (χ2n) is 3.26. The Balaban J connectivity index is 2.25. The summed E-state index contributed by atoms with van der Waals surface area (Å²) < 4.78 is 1.69. The van der Waals surface area contributed by atoms with Gasteiger partial charge in [-0.05, 0) is 6.42 Å². The van der Waals surface area contributed by atoms with Crippen molar-refractivity contribution in [1.82, 2.24) is 25.0 Å². The number of aromatic nitrogens is 5. The number of imidazole rings is 1. The second-order valence-corrected chi connectivity index (χ2v) is 3.26. The van der Waals surface area contributed by atoms with Crippen LogP contribution >= 0.6 is 0 Å². The van der Waals surface area contributed by atoms with Crippen molar-refractivity contribution in [2.45, 2.75) is 26.0 Å². The molecule has 2 aromatic heterocycles. The number of aliphatic hydroxyl groups excluding tert-OH is 1. The smallest absolute Gasteiger partial charge is 0.155 e. The molecule has 0 radical (unpaired) electrons. The predicted octanol–water partition coefficient (Wildman–Crippen LogP) is 0.493. The van der Waals surface area contributed by atoms with Crippen molar-refractivity contribution < 1.29 is 5.11 Å². The summed E-state index contributed by atoms with van der Waals surface area (Å²) in [5.41, 5.74) is 0.659. The molecule has 0 fully saturated rings. The van der Waals surface area contributed by atoms with Crippen molar-refractivity contribution in [3.63, 3.8) is 0 Å². The molecule has 2 aromatic rings. The molecule has 0 amide bonds. The number of nitrogens with one attached hydrogen (secondary N) is 1. The van der Waals surface area contributed by atoms with E-state index in [-0.39, 0.29) is 0 Å². The Morgan fingerprint density at radius 1 is 1.60 bits per heavy atom. The van der Waals surface area contributed by atoms with E-state index < -0.39 is 6.10 Å². The van der Waals surface area contributed by atoms with Crippen molar-refractivity contribution in [2.24, 2.45) is 0 Å². The van der Waals surface area contributed by atoms with Gasteiger partial charge in [0.25, 0.3) is 0 Å². The second kappa shape index (κ2) is 4.22. The first-order valence-electron chi connectivity index (χ1n) is 4.88. The Labute approximate surface area is 87.0 Å². The molecule has 6 nitrogen and oxygen atoms in total. The minimum absolute atomic E-state index is 0.509. The molecule has 0 saturated heterocycles. The van der Waals surface area contributed by atoms with Gasteiger partial charge in [-0.15, -0.1) is 5.10 Å². The maximum absolute atomic E-state index is 9.98. The van der Waals surface area contributed by atoms with Gasteiger partial charge >= 0.3 is 0 Å². The van der Waals surface area contributed by atoms with E-state index in [9.17, 15) is 5.11 Å². The highest BCUT2D eigenvalue weighted by Crippen LogP contribution is 2.17. The molecule has 0 aliphatic carbocycles. The molecule has 6 heteroatoms. The van der Waals surface area contributed by atoms with E-state index in [0.717, 1.165) is 13.0 Å². The molecular formula is C9H13N5O. The predicted molar refractivity (Wildman–Crippen MR) is 53.0 cm³/mol. The lowest BCUT2D eigenvalue weighted by molar-refractivity contribution is 0.198. The summed E-state index contributed by atoms with van der Waals surface area (Å²) in [5, 5.41) is 17.7. The lowest BCUT2D eigenvalue weighted by Crippen LogP contribution is -2.11. The number of hydrogen-bond donors (Lipinski definition) is 2. The fourth-order valence-corrected chi connectivity index (χ4v) is 1.43. The van der Waals surface area contributed by atoms with Crippen LogP contribution in [-0.2, 0) is 6.54 Å². The first kappa shape index (κ1) is 9.85. The molecule has 0 aliphatic heterocycles. The monoisotopic (exact) mass is 207 g/mol. The van der Waals surface area contributed by atoms with Gasteiger partial charge in [-0.2, -0.15) is 0 Å². The Hall–Kier alpha value is -1.69. The van der Waals surface area contributed by atoms with Gasteiger partial charge in [0.05, 0.1) is 11.9 Å². The Kier molecular flexibility index (Phi) is 2.77. The summed E-state index contributed by atoms with van der Waals surface area (Å²) in [6.07, 6.45) is 4.99. The molecule has 2 N–H and O–H groups in total. The van der Waals surface area contributed by atoms with Crippen LogP contribution in [-0.4, -0.2) is 30.1 Å². The molecule has 2 heterocycles. The molecule has 15 heavy (non-hydrogen) atoms. The SMILES string of the molecule is CCCn1nncc1C(O)c1ncc[nH]1. The van der Waals surface area contributed by atoms with Crippen LogP contribution in [0.5, 0.6) is 0 Å². The third-order valence-electron chi connectivity index (χ3n) is 2.14. The van der Waals surface area contributed by atoms with Crippen LogP contribution in [0.2, 0.25) is 0 Å². The lowest BCUT2D eigenvalue weighted by atomic mass is 10.2. The normalized spacial score (nSPS) is 12.9. The number of aromatic amines is 1. The van der Waals surface area contributed by atoms with Gasteiger partial charge in [-0.3, -0.25) is 0 Å². The summed E-state index contributed by atoms with van der Waals surface area (Å²) in [6.45, 7) is 2.79. The first-order valence-corrected chi connectivity index (χ1v) is 4.88. The first-order chi connectivity index (χ1) is 7.33. The van der Waals surface area contributed by atoms with Crippen LogP contribution in [0.25, 0.3) is 0 Å². The number of rotatable bonds is 4. The minimum atomic E-state index is -0.790. The largest absolute Gasteiger partial charge is 0.379 e. The van der Waals surface area contributed by atoms with Gasteiger partial charge in [-0.25, -0.2) is 9.67 Å². The van der Waals surface area contributed by atoms with E-state index in [2.05, 4.69) is 20.3 Å². The molecule has 1 atom stereocenters. The molecule has 0 aromatic carbocycles. The number of aliphatic hydroxyl groups is 1. The van der Waals surface area contributed by atoms with Gasteiger partial charge in [0.2, 0.25) is 0 Å². The standard InChI is InChI=1S/C9H13N5O/c1-2-5-14-7(6-12-13-14)8(15)9-10-3-4-11-9/h3-4,6,8,15H,2,5H2,1H3,(H,10,11). The fraction of sp³-hybridized carbons (Fsp3) is 0.444. The number of H-pyrrole nitrogens is 1. The van der Waals surface area contributed by atoms with Crippen LogP contribution in [0.4, 0.5) is 0 Å². The maximum Gasteiger partial charge on any atom is 0.155 e. The Bertz CT molecular complexity index is 408. The van der Waals surface area contributed by atoms with Crippen molar-refractivity contribution in [3.8, 4) is 0 Å². The number of hydrogen-bond acceptors (Lipinski definition) is 4. The third kappa shape index (κ3) is 1.89. The van der Waals surface area contributed by atoms with Crippen molar-refractivity contribution >= 4 is 0 Å². The van der Waals surface area contributed by atoms with E-state index in [1.54, 1.807) is 23.3 Å². The molecule has 0 spiro atoms. The molecule has 0 bridgehead atoms. The van der Waals surface area contributed by atoms with E-state index in [4.69, 9.17) is 0 Å². The molecule has 1 unspecified atom stereocenters. The van der Waals surface area contributed by atoms with Crippen LogP contribution < -0.4 is 0 Å². The summed E-state index contributed by atoms with van der Waals surface area (Å²) in [4.78, 5) is 6.86. The fourth-order valence-electron chi connectivity index (χ4n) is 1.43. The van der Waals surface area contributed by atoms with Crippen molar-refractivity contribution in [2.75, 3.05) is 0 Å². The highest BCUT2D eigenvalue weighted by molar-refractivity contribution is 5.10. The summed E-state index contributed by atoms with van der Waals surface area (Å²) in [6, 6.07) is 0. The topological polar surface area (TPSA) is 79.6 Å². The Morgan fingerprint density at radius 2 is 2.47 bits per heavy atom. The average molecular weight is 207 g/mol. The highest BCUT2D eigenvalue weighted by atomic mass is 16.3. The zero-order valence-corrected chi connectivity index (χ0v) is 8.46. The Morgan fingerprint density at radius 3 is 3.13 bits per heavy atom. The molecule has 80 valence electrons. The quantitative estimate of drug-likeness (QED) is 0.764. The molecular weight excluding hydrogens is 194 g/mol. The molecule has 0 saturated carbocycles. The average Bonchev–Trinajstić information content (AvgIpc) is 2.87. The van der Waals surface area contributed by atoms with E-state index in [0.29, 0.717) is 11.5 Å². The van der Waals surface area contributed by atoms with Gasteiger partial charge in [0.15, 0.2) is 6.10 Å². The summed E-state index contributed by atoms with van der Waals surface area (Å²) in [5.74, 6) is 0.509.